The van der Waals surface area contributed by atoms with Crippen LogP contribution in [0.2, 0.25) is 0 Å². The molecule has 1 unspecified atom stereocenters. The maximum absolute atomic E-state index is 9.34. The molecule has 1 radical (unpaired) electrons. The normalized spacial score (nSPS) is 27.8. The van der Waals surface area contributed by atoms with Crippen LogP contribution in [0.5, 0.6) is 0 Å². The second-order valence-corrected chi connectivity index (χ2v) is 3.74. The zero-order chi connectivity index (χ0) is 8.27. The molecule has 0 amide bonds. The van der Waals surface area contributed by atoms with Gasteiger partial charge in [0.15, 0.2) is 0 Å². The van der Waals surface area contributed by atoms with Crippen LogP contribution < -0.4 is 0 Å². The Kier molecular flexibility index (Phi) is 3.34. The van der Waals surface area contributed by atoms with Crippen LogP contribution >= 0.6 is 0 Å². The van der Waals surface area contributed by atoms with Crippen LogP contribution in [0.15, 0.2) is 0 Å². The minimum atomic E-state index is -0.0805. The van der Waals surface area contributed by atoms with Crippen LogP contribution in [0.4, 0.5) is 0 Å². The molecular weight excluding hydrogens is 138 g/mol. The molecule has 1 fully saturated rings. The molecule has 1 N–H and O–H groups in total. The molecule has 2 heteroatoms. The van der Waals surface area contributed by atoms with E-state index in [9.17, 15) is 5.11 Å². The first kappa shape index (κ1) is 9.01. The SMILES string of the molecule is C[C](C)CN1CCCC(O)C1. The number of piperidine rings is 1. The van der Waals surface area contributed by atoms with Crippen LogP contribution in [0, 0.1) is 5.92 Å². The van der Waals surface area contributed by atoms with Crippen LogP contribution in [0.1, 0.15) is 26.7 Å². The van der Waals surface area contributed by atoms with Crippen molar-refractivity contribution in [2.24, 2.45) is 0 Å². The number of rotatable bonds is 2. The summed E-state index contributed by atoms with van der Waals surface area (Å²) < 4.78 is 0. The fraction of sp³-hybridized carbons (Fsp3) is 0.889. The van der Waals surface area contributed by atoms with E-state index in [1.54, 1.807) is 0 Å². The molecule has 0 aliphatic carbocycles. The van der Waals surface area contributed by atoms with Crippen molar-refractivity contribution in [1.29, 1.82) is 0 Å². The largest absolute Gasteiger partial charge is 0.392 e. The Morgan fingerprint density at radius 3 is 2.82 bits per heavy atom. The first-order valence-corrected chi connectivity index (χ1v) is 4.38. The third-order valence-electron chi connectivity index (χ3n) is 2.02. The lowest BCUT2D eigenvalue weighted by atomic mass is 10.1. The van der Waals surface area contributed by atoms with Crippen molar-refractivity contribution in [1.82, 2.24) is 4.90 Å². The molecular formula is C9H18NO. The Hall–Kier alpha value is -0.0800. The maximum Gasteiger partial charge on any atom is 0.0667 e. The zero-order valence-corrected chi connectivity index (χ0v) is 7.51. The van der Waals surface area contributed by atoms with E-state index in [1.165, 1.54) is 5.92 Å². The quantitative estimate of drug-likeness (QED) is 0.646. The summed E-state index contributed by atoms with van der Waals surface area (Å²) in [5, 5.41) is 9.34. The van der Waals surface area contributed by atoms with Gasteiger partial charge in [-0.15, -0.1) is 0 Å². The average Bonchev–Trinajstić information content (AvgIpc) is 1.85. The van der Waals surface area contributed by atoms with Crippen LogP contribution in [0.3, 0.4) is 0 Å². The number of nitrogens with zero attached hydrogens (tertiary/aromatic N) is 1. The number of hydrogen-bond donors (Lipinski definition) is 1. The Morgan fingerprint density at radius 2 is 2.27 bits per heavy atom. The van der Waals surface area contributed by atoms with Crippen molar-refractivity contribution in [2.75, 3.05) is 19.6 Å². The smallest absolute Gasteiger partial charge is 0.0667 e. The highest BCUT2D eigenvalue weighted by molar-refractivity contribution is 4.84. The van der Waals surface area contributed by atoms with Gasteiger partial charge in [-0.1, -0.05) is 13.8 Å². The van der Waals surface area contributed by atoms with Gasteiger partial charge in [-0.3, -0.25) is 0 Å². The fourth-order valence-electron chi connectivity index (χ4n) is 1.62. The molecule has 0 bridgehead atoms. The Bertz CT molecular complexity index is 112. The summed E-state index contributed by atoms with van der Waals surface area (Å²) in [5.41, 5.74) is 0. The first-order chi connectivity index (χ1) is 5.18. The van der Waals surface area contributed by atoms with Gasteiger partial charge in [-0.25, -0.2) is 0 Å². The Morgan fingerprint density at radius 1 is 1.55 bits per heavy atom. The minimum absolute atomic E-state index is 0.0805. The second kappa shape index (κ2) is 4.07. The van der Waals surface area contributed by atoms with Crippen molar-refractivity contribution in [3.8, 4) is 0 Å². The van der Waals surface area contributed by atoms with Gasteiger partial charge in [0.1, 0.15) is 0 Å². The summed E-state index contributed by atoms with van der Waals surface area (Å²) in [7, 11) is 0. The highest BCUT2D eigenvalue weighted by atomic mass is 16.3. The van der Waals surface area contributed by atoms with Gasteiger partial charge in [0.05, 0.1) is 6.10 Å². The fourth-order valence-corrected chi connectivity index (χ4v) is 1.62. The summed E-state index contributed by atoms with van der Waals surface area (Å²) in [5.74, 6) is 1.43. The number of hydrogen-bond acceptors (Lipinski definition) is 2. The van der Waals surface area contributed by atoms with E-state index in [0.717, 1.165) is 32.5 Å². The summed E-state index contributed by atoms with van der Waals surface area (Å²) in [6.07, 6.45) is 2.05. The second-order valence-electron chi connectivity index (χ2n) is 3.74. The molecule has 0 aromatic carbocycles. The first-order valence-electron chi connectivity index (χ1n) is 4.38. The Labute approximate surface area is 69.2 Å². The van der Waals surface area contributed by atoms with Crippen molar-refractivity contribution in [2.45, 2.75) is 32.8 Å². The van der Waals surface area contributed by atoms with Crippen LogP contribution in [-0.4, -0.2) is 35.7 Å². The Balaban J connectivity index is 2.23. The summed E-state index contributed by atoms with van der Waals surface area (Å²) in [4.78, 5) is 2.32. The monoisotopic (exact) mass is 156 g/mol. The van der Waals surface area contributed by atoms with E-state index >= 15 is 0 Å². The summed E-state index contributed by atoms with van der Waals surface area (Å²) in [6.45, 7) is 7.35. The van der Waals surface area contributed by atoms with Gasteiger partial charge in [0, 0.05) is 13.1 Å². The molecule has 0 aromatic rings. The van der Waals surface area contributed by atoms with Crippen LogP contribution in [-0.2, 0) is 0 Å². The molecule has 11 heavy (non-hydrogen) atoms. The van der Waals surface area contributed by atoms with E-state index in [1.807, 2.05) is 0 Å². The molecule has 0 spiro atoms. The lowest BCUT2D eigenvalue weighted by Gasteiger charge is -2.30. The zero-order valence-electron chi connectivity index (χ0n) is 7.51. The van der Waals surface area contributed by atoms with Gasteiger partial charge in [-0.2, -0.15) is 0 Å². The number of likely N-dealkylation sites (tertiary alicyclic amines) is 1. The number of β-amino-alcohol motifs (C(OH)–C–C–N with tert-alkyl or cyclic N) is 1. The standard InChI is InChI=1S/C9H18NO/c1-8(2)6-10-5-3-4-9(11)7-10/h9,11H,3-7H2,1-2H3. The molecule has 1 aliphatic heterocycles. The topological polar surface area (TPSA) is 23.5 Å². The molecule has 0 aromatic heterocycles. The van der Waals surface area contributed by atoms with E-state index < -0.39 is 0 Å². The predicted octanol–water partition coefficient (Wildman–Crippen LogP) is 1.06. The number of aliphatic hydroxyl groups excluding tert-OH is 1. The molecule has 2 nitrogen and oxygen atoms in total. The van der Waals surface area contributed by atoms with Crippen molar-refractivity contribution in [3.63, 3.8) is 0 Å². The molecule has 65 valence electrons. The third kappa shape index (κ3) is 3.21. The van der Waals surface area contributed by atoms with Crippen LogP contribution in [0.25, 0.3) is 0 Å². The number of aliphatic hydroxyl groups is 1. The third-order valence-corrected chi connectivity index (χ3v) is 2.02. The van der Waals surface area contributed by atoms with Gasteiger partial charge in [-0.05, 0) is 25.3 Å². The lowest BCUT2D eigenvalue weighted by molar-refractivity contribution is 0.0733. The van der Waals surface area contributed by atoms with Gasteiger partial charge in [0.2, 0.25) is 0 Å². The molecule has 1 aliphatic rings. The van der Waals surface area contributed by atoms with Gasteiger partial charge >= 0.3 is 0 Å². The molecule has 0 saturated carbocycles. The molecule has 1 atom stereocenters. The minimum Gasteiger partial charge on any atom is -0.392 e. The molecule has 1 rings (SSSR count). The van der Waals surface area contributed by atoms with E-state index in [4.69, 9.17) is 0 Å². The summed E-state index contributed by atoms with van der Waals surface area (Å²) >= 11 is 0. The van der Waals surface area contributed by atoms with Crippen molar-refractivity contribution in [3.05, 3.63) is 5.92 Å². The van der Waals surface area contributed by atoms with E-state index in [2.05, 4.69) is 18.7 Å². The van der Waals surface area contributed by atoms with Gasteiger partial charge in [0.25, 0.3) is 0 Å². The maximum atomic E-state index is 9.34. The van der Waals surface area contributed by atoms with Gasteiger partial charge < -0.3 is 10.0 Å². The van der Waals surface area contributed by atoms with E-state index in [-0.39, 0.29) is 6.10 Å². The lowest BCUT2D eigenvalue weighted by Crippen LogP contribution is -2.39. The average molecular weight is 156 g/mol. The molecule has 1 saturated heterocycles. The van der Waals surface area contributed by atoms with Crippen molar-refractivity contribution < 1.29 is 5.11 Å². The summed E-state index contributed by atoms with van der Waals surface area (Å²) in [6, 6.07) is 0. The van der Waals surface area contributed by atoms with E-state index in [0.29, 0.717) is 0 Å². The molecule has 1 heterocycles. The highest BCUT2D eigenvalue weighted by Crippen LogP contribution is 2.11. The predicted molar refractivity (Wildman–Crippen MR) is 46.3 cm³/mol. The van der Waals surface area contributed by atoms with Crippen molar-refractivity contribution >= 4 is 0 Å². The highest BCUT2D eigenvalue weighted by Gasteiger charge is 2.17.